The molecular weight excluding hydrogens is 525 g/mol. The summed E-state index contributed by atoms with van der Waals surface area (Å²) in [5.74, 6) is 0.641. The van der Waals surface area contributed by atoms with Crippen molar-refractivity contribution in [3.05, 3.63) is 85.5 Å². The van der Waals surface area contributed by atoms with E-state index in [4.69, 9.17) is 9.47 Å². The summed E-state index contributed by atoms with van der Waals surface area (Å²) in [6.45, 7) is 1.78. The van der Waals surface area contributed by atoms with Gasteiger partial charge in [0.05, 0.1) is 21.3 Å². The van der Waals surface area contributed by atoms with E-state index in [0.717, 1.165) is 14.7 Å². The number of carbonyl (C=O) groups excluding carboxylic acids is 1. The van der Waals surface area contributed by atoms with Crippen LogP contribution in [-0.4, -0.2) is 30.8 Å². The molecule has 0 fully saturated rings. The molecule has 0 saturated carbocycles. The molecular formula is C23H20IN3O5. The monoisotopic (exact) mass is 545 g/mol. The lowest BCUT2D eigenvalue weighted by molar-refractivity contribution is -0.384. The molecule has 0 heterocycles. The Morgan fingerprint density at radius 3 is 2.59 bits per heavy atom. The van der Waals surface area contributed by atoms with Gasteiger partial charge < -0.3 is 14.8 Å². The molecule has 1 N–H and O–H groups in total. The van der Waals surface area contributed by atoms with Gasteiger partial charge in [0.1, 0.15) is 0 Å². The van der Waals surface area contributed by atoms with Crippen LogP contribution in [0.1, 0.15) is 11.1 Å². The number of ether oxygens (including phenoxy) is 2. The fourth-order valence-corrected chi connectivity index (χ4v) is 3.60. The molecule has 0 unspecified atom stereocenters. The molecule has 0 aliphatic carbocycles. The van der Waals surface area contributed by atoms with Gasteiger partial charge in [-0.2, -0.15) is 0 Å². The Labute approximate surface area is 198 Å². The Morgan fingerprint density at radius 1 is 1.19 bits per heavy atom. The molecule has 0 aliphatic heterocycles. The standard InChI is InChI=1S/C23H20IN3O5/c1-15-4-3-5-18(10-15)26-22(28)14-32-23-20(24)11-16(12-21(23)31-2)13-25-17-6-8-19(9-7-17)27(29)30/h3-13H,14H2,1-2H3,(H,26,28). The number of nitro benzene ring substituents is 1. The van der Waals surface area contributed by atoms with Gasteiger partial charge >= 0.3 is 0 Å². The van der Waals surface area contributed by atoms with Crippen molar-refractivity contribution in [2.24, 2.45) is 4.99 Å². The van der Waals surface area contributed by atoms with Crippen molar-refractivity contribution in [2.45, 2.75) is 6.92 Å². The number of aliphatic imine (C=N–C) groups is 1. The second-order valence-electron chi connectivity index (χ2n) is 6.77. The molecule has 0 spiro atoms. The SMILES string of the molecule is COc1cc(C=Nc2ccc([N+](=O)[O-])cc2)cc(I)c1OCC(=O)Nc1cccc(C)c1. The van der Waals surface area contributed by atoms with Crippen molar-refractivity contribution < 1.29 is 19.2 Å². The van der Waals surface area contributed by atoms with Crippen LogP contribution in [0.15, 0.2) is 65.7 Å². The molecule has 1 amide bonds. The first-order valence-electron chi connectivity index (χ1n) is 9.51. The minimum atomic E-state index is -0.458. The van der Waals surface area contributed by atoms with Crippen LogP contribution in [0.3, 0.4) is 0 Å². The Morgan fingerprint density at radius 2 is 1.94 bits per heavy atom. The molecule has 164 valence electrons. The third kappa shape index (κ3) is 6.27. The van der Waals surface area contributed by atoms with Crippen molar-refractivity contribution in [3.63, 3.8) is 0 Å². The molecule has 32 heavy (non-hydrogen) atoms. The van der Waals surface area contributed by atoms with Gasteiger partial charge in [0, 0.05) is 24.0 Å². The Hall–Kier alpha value is -3.47. The topological polar surface area (TPSA) is 103 Å². The molecule has 3 aromatic carbocycles. The van der Waals surface area contributed by atoms with Crippen LogP contribution in [0.25, 0.3) is 0 Å². The van der Waals surface area contributed by atoms with Crippen LogP contribution < -0.4 is 14.8 Å². The number of benzene rings is 3. The Kier molecular flexibility index (Phi) is 7.77. The molecule has 0 bridgehead atoms. The second kappa shape index (κ2) is 10.7. The molecule has 9 heteroatoms. The lowest BCUT2D eigenvalue weighted by Gasteiger charge is -2.13. The van der Waals surface area contributed by atoms with E-state index in [1.807, 2.05) is 37.3 Å². The third-order valence-corrected chi connectivity index (χ3v) is 5.13. The van der Waals surface area contributed by atoms with Crippen LogP contribution in [0, 0.1) is 20.6 Å². The number of halogens is 1. The van der Waals surface area contributed by atoms with Crippen molar-refractivity contribution in [2.75, 3.05) is 19.0 Å². The number of methoxy groups -OCH3 is 1. The molecule has 0 radical (unpaired) electrons. The average Bonchev–Trinajstić information content (AvgIpc) is 2.76. The number of nitrogens with zero attached hydrogens (tertiary/aromatic N) is 2. The zero-order valence-electron chi connectivity index (χ0n) is 17.4. The van der Waals surface area contributed by atoms with Gasteiger partial charge in [-0.25, -0.2) is 0 Å². The fraction of sp³-hybridized carbons (Fsp3) is 0.130. The van der Waals surface area contributed by atoms with Crippen LogP contribution in [-0.2, 0) is 4.79 Å². The number of anilines is 1. The number of carbonyl (C=O) groups is 1. The van der Waals surface area contributed by atoms with Gasteiger partial charge in [-0.15, -0.1) is 0 Å². The van der Waals surface area contributed by atoms with Crippen LogP contribution in [0.2, 0.25) is 0 Å². The first-order valence-corrected chi connectivity index (χ1v) is 10.6. The van der Waals surface area contributed by atoms with Gasteiger partial charge in [0.15, 0.2) is 18.1 Å². The van der Waals surface area contributed by atoms with Crippen LogP contribution in [0.4, 0.5) is 17.1 Å². The zero-order chi connectivity index (χ0) is 23.1. The molecule has 8 nitrogen and oxygen atoms in total. The predicted octanol–water partition coefficient (Wildman–Crippen LogP) is 5.28. The molecule has 3 aromatic rings. The number of hydrogen-bond acceptors (Lipinski definition) is 6. The first-order chi connectivity index (χ1) is 15.4. The van der Waals surface area contributed by atoms with Crippen molar-refractivity contribution >= 4 is 51.8 Å². The highest BCUT2D eigenvalue weighted by Gasteiger charge is 2.13. The Balaban J connectivity index is 1.69. The normalized spacial score (nSPS) is 10.7. The minimum absolute atomic E-state index is 0.00750. The van der Waals surface area contributed by atoms with E-state index >= 15 is 0 Å². The maximum Gasteiger partial charge on any atom is 0.269 e. The van der Waals surface area contributed by atoms with E-state index in [2.05, 4.69) is 32.9 Å². The maximum atomic E-state index is 12.3. The van der Waals surface area contributed by atoms with Crippen LogP contribution >= 0.6 is 22.6 Å². The predicted molar refractivity (Wildman–Crippen MR) is 131 cm³/mol. The molecule has 0 atom stereocenters. The minimum Gasteiger partial charge on any atom is -0.493 e. The quantitative estimate of drug-likeness (QED) is 0.180. The van der Waals surface area contributed by atoms with Gasteiger partial charge in [-0.1, -0.05) is 12.1 Å². The zero-order valence-corrected chi connectivity index (χ0v) is 19.5. The lowest BCUT2D eigenvalue weighted by Crippen LogP contribution is -2.20. The maximum absolute atomic E-state index is 12.3. The molecule has 0 aliphatic rings. The van der Waals surface area contributed by atoms with E-state index < -0.39 is 4.92 Å². The summed E-state index contributed by atoms with van der Waals surface area (Å²) in [5.41, 5.74) is 3.09. The number of nitrogens with one attached hydrogen (secondary N) is 1. The molecule has 0 saturated heterocycles. The smallest absolute Gasteiger partial charge is 0.269 e. The summed E-state index contributed by atoms with van der Waals surface area (Å²) in [5, 5.41) is 13.5. The number of amides is 1. The summed E-state index contributed by atoms with van der Waals surface area (Å²) in [6, 6.07) is 17.0. The first kappa shape index (κ1) is 23.2. The van der Waals surface area contributed by atoms with E-state index in [0.29, 0.717) is 22.9 Å². The summed E-state index contributed by atoms with van der Waals surface area (Å²) in [6.07, 6.45) is 1.63. The van der Waals surface area contributed by atoms with Crippen molar-refractivity contribution in [1.29, 1.82) is 0 Å². The summed E-state index contributed by atoms with van der Waals surface area (Å²) < 4.78 is 11.9. The number of non-ortho nitro benzene ring substituents is 1. The number of aryl methyl sites for hydroxylation is 1. The van der Waals surface area contributed by atoms with Gasteiger partial charge in [0.2, 0.25) is 0 Å². The number of hydrogen-bond donors (Lipinski definition) is 1. The largest absolute Gasteiger partial charge is 0.493 e. The van der Waals surface area contributed by atoms with Gasteiger partial charge in [-0.05, 0) is 77.0 Å². The highest BCUT2D eigenvalue weighted by Crippen LogP contribution is 2.33. The highest BCUT2D eigenvalue weighted by atomic mass is 127. The van der Waals surface area contributed by atoms with E-state index in [1.165, 1.54) is 19.2 Å². The Bertz CT molecular complexity index is 1160. The number of rotatable bonds is 8. The van der Waals surface area contributed by atoms with Gasteiger partial charge in [0.25, 0.3) is 11.6 Å². The number of nitro groups is 1. The van der Waals surface area contributed by atoms with Crippen LogP contribution in [0.5, 0.6) is 11.5 Å². The fourth-order valence-electron chi connectivity index (χ4n) is 2.82. The highest BCUT2D eigenvalue weighted by molar-refractivity contribution is 14.1. The average molecular weight is 545 g/mol. The lowest BCUT2D eigenvalue weighted by atomic mass is 10.2. The second-order valence-corrected chi connectivity index (χ2v) is 7.93. The van der Waals surface area contributed by atoms with Crippen molar-refractivity contribution in [1.82, 2.24) is 0 Å². The van der Waals surface area contributed by atoms with E-state index in [9.17, 15) is 14.9 Å². The third-order valence-electron chi connectivity index (χ3n) is 4.32. The van der Waals surface area contributed by atoms with E-state index in [-0.39, 0.29) is 18.2 Å². The molecule has 0 aromatic heterocycles. The van der Waals surface area contributed by atoms with E-state index in [1.54, 1.807) is 24.4 Å². The van der Waals surface area contributed by atoms with Crippen molar-refractivity contribution in [3.8, 4) is 11.5 Å². The summed E-state index contributed by atoms with van der Waals surface area (Å²) in [7, 11) is 1.52. The summed E-state index contributed by atoms with van der Waals surface area (Å²) in [4.78, 5) is 26.9. The molecule has 3 rings (SSSR count). The summed E-state index contributed by atoms with van der Waals surface area (Å²) >= 11 is 2.10. The van der Waals surface area contributed by atoms with Gasteiger partial charge in [-0.3, -0.25) is 19.9 Å².